The van der Waals surface area contributed by atoms with Crippen LogP contribution in [0.1, 0.15) is 36.1 Å². The Hall–Kier alpha value is -8.16. The molecule has 0 aliphatic heterocycles. The SMILES string of the molecule is Cc1ccc(Oc2c(F)c(F)c(-c3c(F)c(F)c(Oc4ccc(C(C)(C)c5ccc(Oc6c(F)c(F)c(-c7c(F)c(F)c(Oc8ccc(C)cc8)c(F)c7F)c(F)c6F)cc5)cc4)c(F)c3F)c(F)c2F)cc1. The van der Waals surface area contributed by atoms with E-state index in [0.717, 1.165) is 24.3 Å². The number of benzene rings is 8. The van der Waals surface area contributed by atoms with Crippen molar-refractivity contribution in [1.82, 2.24) is 0 Å². The number of ether oxygens (including phenoxy) is 4. The number of hydrogen-bond donors (Lipinski definition) is 0. The van der Waals surface area contributed by atoms with E-state index in [-0.39, 0.29) is 11.5 Å². The Labute approximate surface area is 402 Å². The highest BCUT2D eigenvalue weighted by Gasteiger charge is 2.38. The van der Waals surface area contributed by atoms with Crippen LogP contribution in [0.2, 0.25) is 0 Å². The summed E-state index contributed by atoms with van der Waals surface area (Å²) in [6.07, 6.45) is 0. The van der Waals surface area contributed by atoms with Crippen LogP contribution in [0.3, 0.4) is 0 Å². The van der Waals surface area contributed by atoms with Crippen LogP contribution in [0, 0.1) is 107 Å². The summed E-state index contributed by atoms with van der Waals surface area (Å²) in [6.45, 7) is 6.51. The van der Waals surface area contributed by atoms with Crippen molar-refractivity contribution in [3.05, 3.63) is 212 Å². The molecule has 8 rings (SSSR count). The Morgan fingerprint density at radius 3 is 0.589 bits per heavy atom. The number of rotatable bonds is 12. The molecular formula is C53H28F16O4. The fraction of sp³-hybridized carbons (Fsp3) is 0.0943. The second-order valence-corrected chi connectivity index (χ2v) is 16.5. The predicted molar refractivity (Wildman–Crippen MR) is 231 cm³/mol. The smallest absolute Gasteiger partial charge is 0.205 e. The minimum absolute atomic E-state index is 0.296. The van der Waals surface area contributed by atoms with Gasteiger partial charge >= 0.3 is 0 Å². The van der Waals surface area contributed by atoms with E-state index < -0.39 is 155 Å². The number of hydrogen-bond acceptors (Lipinski definition) is 4. The Morgan fingerprint density at radius 2 is 0.411 bits per heavy atom. The van der Waals surface area contributed by atoms with Crippen molar-refractivity contribution in [2.24, 2.45) is 0 Å². The molecule has 0 atom stereocenters. The van der Waals surface area contributed by atoms with Gasteiger partial charge in [-0.3, -0.25) is 0 Å². The first-order valence-electron chi connectivity index (χ1n) is 20.9. The number of halogens is 16. The summed E-state index contributed by atoms with van der Waals surface area (Å²) in [5, 5.41) is 0. The molecule has 0 aromatic heterocycles. The van der Waals surface area contributed by atoms with E-state index in [9.17, 15) is 0 Å². The van der Waals surface area contributed by atoms with Gasteiger partial charge < -0.3 is 18.9 Å². The van der Waals surface area contributed by atoms with E-state index in [4.69, 9.17) is 18.9 Å². The monoisotopic (exact) mass is 1030 g/mol. The average Bonchev–Trinajstić information content (AvgIpc) is 3.37. The molecule has 0 saturated heterocycles. The van der Waals surface area contributed by atoms with Gasteiger partial charge in [-0.2, -0.15) is 35.1 Å². The van der Waals surface area contributed by atoms with Crippen LogP contribution in [0.15, 0.2) is 97.1 Å². The maximum Gasteiger partial charge on any atom is 0.205 e. The highest BCUT2D eigenvalue weighted by Crippen LogP contribution is 2.46. The normalized spacial score (nSPS) is 11.6. The van der Waals surface area contributed by atoms with Crippen molar-refractivity contribution < 1.29 is 89.2 Å². The van der Waals surface area contributed by atoms with Crippen molar-refractivity contribution in [1.29, 1.82) is 0 Å². The molecule has 0 spiro atoms. The molecule has 73 heavy (non-hydrogen) atoms. The first-order chi connectivity index (χ1) is 34.4. The van der Waals surface area contributed by atoms with Crippen molar-refractivity contribution in [3.63, 3.8) is 0 Å². The molecule has 4 nitrogen and oxygen atoms in total. The van der Waals surface area contributed by atoms with Crippen molar-refractivity contribution in [3.8, 4) is 68.2 Å². The highest BCUT2D eigenvalue weighted by molar-refractivity contribution is 5.71. The average molecular weight is 1030 g/mol. The van der Waals surface area contributed by atoms with Crippen molar-refractivity contribution >= 4 is 0 Å². The molecule has 0 saturated carbocycles. The lowest BCUT2D eigenvalue weighted by atomic mass is 9.78. The Balaban J connectivity index is 1.01. The zero-order valence-electron chi connectivity index (χ0n) is 37.4. The van der Waals surface area contributed by atoms with Crippen molar-refractivity contribution in [2.75, 3.05) is 0 Å². The van der Waals surface area contributed by atoms with Gasteiger partial charge in [0, 0.05) is 5.41 Å². The van der Waals surface area contributed by atoms with Crippen LogP contribution in [0.5, 0.6) is 46.0 Å². The molecule has 0 N–H and O–H groups in total. The van der Waals surface area contributed by atoms with Crippen LogP contribution in [0.25, 0.3) is 22.3 Å². The van der Waals surface area contributed by atoms with Gasteiger partial charge in [0.25, 0.3) is 0 Å². The molecule has 0 bridgehead atoms. The van der Waals surface area contributed by atoms with Crippen LogP contribution < -0.4 is 18.9 Å². The van der Waals surface area contributed by atoms with Gasteiger partial charge in [-0.15, -0.1) is 0 Å². The van der Waals surface area contributed by atoms with Crippen LogP contribution >= 0.6 is 0 Å². The van der Waals surface area contributed by atoms with Crippen LogP contribution in [-0.2, 0) is 5.41 Å². The van der Waals surface area contributed by atoms with Gasteiger partial charge in [0.05, 0.1) is 22.3 Å². The summed E-state index contributed by atoms with van der Waals surface area (Å²) >= 11 is 0. The molecule has 0 aliphatic carbocycles. The summed E-state index contributed by atoms with van der Waals surface area (Å²) in [6, 6.07) is 19.9. The first kappa shape index (κ1) is 51.2. The molecule has 0 heterocycles. The van der Waals surface area contributed by atoms with Gasteiger partial charge in [-0.25, -0.2) is 35.1 Å². The topological polar surface area (TPSA) is 36.9 Å². The molecule has 0 fully saturated rings. The standard InChI is InChI=1S/C53H28F16O4/c1-21-5-13-25(14-6-21)70-49-41(62)33(54)29(34(55)42(49)63)31-37(58)45(66)51(46(67)38(31)59)72-27-17-9-23(10-18-27)53(3,4)24-11-19-28(20-12-24)73-52-47(68)39(60)32(40(61)48(52)69)30-35(56)43(64)50(44(65)36(30)57)71-26-15-7-22(2)8-16-26/h5-20H,1-4H3. The molecule has 0 amide bonds. The second kappa shape index (κ2) is 19.5. The molecule has 8 aromatic carbocycles. The molecule has 0 unspecified atom stereocenters. The molecule has 0 radical (unpaired) electrons. The van der Waals surface area contributed by atoms with Gasteiger partial charge in [-0.1, -0.05) is 73.5 Å². The van der Waals surface area contributed by atoms with Crippen LogP contribution in [0.4, 0.5) is 70.2 Å². The number of aryl methyl sites for hydroxylation is 2. The third-order valence-corrected chi connectivity index (χ3v) is 11.5. The van der Waals surface area contributed by atoms with Gasteiger partial charge in [-0.05, 0) is 73.5 Å². The zero-order valence-corrected chi connectivity index (χ0v) is 37.4. The Kier molecular flexibility index (Phi) is 13.6. The molecular weight excluding hydrogens is 1000 g/mol. The van der Waals surface area contributed by atoms with Crippen LogP contribution in [-0.4, -0.2) is 0 Å². The maximum absolute atomic E-state index is 15.4. The quantitative estimate of drug-likeness (QED) is 0.0903. The molecule has 0 aliphatic rings. The predicted octanol–water partition coefficient (Wildman–Crippen LogP) is 17.4. The van der Waals surface area contributed by atoms with E-state index in [2.05, 4.69) is 0 Å². The van der Waals surface area contributed by atoms with Crippen molar-refractivity contribution in [2.45, 2.75) is 33.1 Å². The maximum atomic E-state index is 15.4. The molecule has 20 heteroatoms. The van der Waals surface area contributed by atoms with Gasteiger partial charge in [0.2, 0.25) is 69.5 Å². The fourth-order valence-corrected chi connectivity index (χ4v) is 7.41. The van der Waals surface area contributed by atoms with Gasteiger partial charge in [0.1, 0.15) is 23.0 Å². The lowest BCUT2D eigenvalue weighted by molar-refractivity contribution is 0.360. The highest BCUT2D eigenvalue weighted by atomic mass is 19.2. The molecule has 376 valence electrons. The third kappa shape index (κ3) is 9.09. The molecule has 8 aromatic rings. The third-order valence-electron chi connectivity index (χ3n) is 11.5. The van der Waals surface area contributed by atoms with E-state index in [1.807, 2.05) is 0 Å². The first-order valence-corrected chi connectivity index (χ1v) is 20.9. The summed E-state index contributed by atoms with van der Waals surface area (Å²) in [7, 11) is 0. The van der Waals surface area contributed by atoms with E-state index in [0.29, 0.717) is 22.3 Å². The lowest BCUT2D eigenvalue weighted by Gasteiger charge is -2.26. The summed E-state index contributed by atoms with van der Waals surface area (Å²) in [5.41, 5.74) is -7.53. The van der Waals surface area contributed by atoms with E-state index in [1.165, 1.54) is 72.8 Å². The minimum atomic E-state index is -2.49. The minimum Gasteiger partial charge on any atom is -0.451 e. The largest absolute Gasteiger partial charge is 0.451 e. The van der Waals surface area contributed by atoms with Gasteiger partial charge in [0.15, 0.2) is 46.5 Å². The van der Waals surface area contributed by atoms with E-state index >= 15 is 70.2 Å². The Bertz CT molecular complexity index is 3150. The fourth-order valence-electron chi connectivity index (χ4n) is 7.41. The summed E-state index contributed by atoms with van der Waals surface area (Å²) in [4.78, 5) is 0. The van der Waals surface area contributed by atoms with E-state index in [1.54, 1.807) is 27.7 Å². The summed E-state index contributed by atoms with van der Waals surface area (Å²) < 4.78 is 264. The zero-order chi connectivity index (χ0) is 53.1. The lowest BCUT2D eigenvalue weighted by Crippen LogP contribution is -2.18. The summed E-state index contributed by atoms with van der Waals surface area (Å²) in [5.74, 6) is -46.7. The Morgan fingerprint density at radius 1 is 0.247 bits per heavy atom. The second-order valence-electron chi connectivity index (χ2n) is 16.5.